The van der Waals surface area contributed by atoms with Crippen molar-refractivity contribution in [1.82, 2.24) is 15.4 Å². The SMILES string of the molecule is CCOC(=O)C1=C(Oc2ccc(Cl)nc2)N=C(c2cccc(C)c2)N(C)N1. The molecule has 1 aromatic carbocycles. The molecule has 3 rings (SSSR count). The maximum absolute atomic E-state index is 12.3. The Morgan fingerprint density at radius 3 is 2.78 bits per heavy atom. The maximum Gasteiger partial charge on any atom is 0.361 e. The van der Waals surface area contributed by atoms with E-state index in [1.54, 1.807) is 31.1 Å². The Morgan fingerprint density at radius 2 is 2.11 bits per heavy atom. The molecule has 0 aliphatic carbocycles. The highest BCUT2D eigenvalue weighted by atomic mass is 35.5. The molecule has 2 aromatic rings. The summed E-state index contributed by atoms with van der Waals surface area (Å²) in [6.45, 7) is 3.96. The van der Waals surface area contributed by atoms with Crippen molar-refractivity contribution in [3.63, 3.8) is 0 Å². The molecule has 0 fully saturated rings. The number of aromatic nitrogens is 1. The van der Waals surface area contributed by atoms with Gasteiger partial charge in [0, 0.05) is 12.6 Å². The number of aryl methyl sites for hydroxylation is 1. The summed E-state index contributed by atoms with van der Waals surface area (Å²) in [5.74, 6) is 0.527. The van der Waals surface area contributed by atoms with Crippen LogP contribution in [0.4, 0.5) is 0 Å². The summed E-state index contributed by atoms with van der Waals surface area (Å²) < 4.78 is 10.9. The summed E-state index contributed by atoms with van der Waals surface area (Å²) in [5, 5.41) is 1.99. The molecule has 1 aromatic heterocycles. The van der Waals surface area contributed by atoms with E-state index in [-0.39, 0.29) is 18.2 Å². The molecule has 7 nitrogen and oxygen atoms in total. The first-order valence-corrected chi connectivity index (χ1v) is 8.72. The summed E-state index contributed by atoms with van der Waals surface area (Å²) in [4.78, 5) is 20.9. The fourth-order valence-electron chi connectivity index (χ4n) is 2.48. The topological polar surface area (TPSA) is 76.0 Å². The molecule has 1 N–H and O–H groups in total. The van der Waals surface area contributed by atoms with Gasteiger partial charge in [-0.05, 0) is 32.0 Å². The van der Waals surface area contributed by atoms with E-state index in [2.05, 4.69) is 15.4 Å². The molecule has 0 unspecified atom stereocenters. The van der Waals surface area contributed by atoms with Crippen LogP contribution in [-0.4, -0.2) is 35.5 Å². The quantitative estimate of drug-likeness (QED) is 0.628. The van der Waals surface area contributed by atoms with Crippen molar-refractivity contribution in [1.29, 1.82) is 0 Å². The number of aliphatic imine (C=N–C) groups is 1. The van der Waals surface area contributed by atoms with Crippen LogP contribution in [0.5, 0.6) is 5.75 Å². The number of pyridine rings is 1. The lowest BCUT2D eigenvalue weighted by Gasteiger charge is -2.29. The van der Waals surface area contributed by atoms with Crippen LogP contribution in [0.3, 0.4) is 0 Å². The third-order valence-electron chi connectivity index (χ3n) is 3.69. The number of rotatable bonds is 5. The lowest BCUT2D eigenvalue weighted by Crippen LogP contribution is -2.45. The molecule has 0 saturated heterocycles. The largest absolute Gasteiger partial charge is 0.461 e. The zero-order chi connectivity index (χ0) is 19.4. The predicted octanol–water partition coefficient (Wildman–Crippen LogP) is 3.05. The van der Waals surface area contributed by atoms with E-state index in [9.17, 15) is 4.79 Å². The van der Waals surface area contributed by atoms with Gasteiger partial charge in [0.05, 0.1) is 12.8 Å². The number of esters is 1. The van der Waals surface area contributed by atoms with Crippen LogP contribution in [0, 0.1) is 6.92 Å². The lowest BCUT2D eigenvalue weighted by molar-refractivity contribution is -0.139. The summed E-state index contributed by atoms with van der Waals surface area (Å²) in [5.41, 5.74) is 5.06. The fourth-order valence-corrected chi connectivity index (χ4v) is 2.59. The Kier molecular flexibility index (Phi) is 5.61. The van der Waals surface area contributed by atoms with Gasteiger partial charge in [-0.15, -0.1) is 0 Å². The summed E-state index contributed by atoms with van der Waals surface area (Å²) in [6, 6.07) is 11.1. The van der Waals surface area contributed by atoms with Crippen LogP contribution in [-0.2, 0) is 9.53 Å². The molecule has 2 heterocycles. The van der Waals surface area contributed by atoms with Crippen molar-refractivity contribution in [2.75, 3.05) is 13.7 Å². The molecule has 0 saturated carbocycles. The minimum atomic E-state index is -0.562. The van der Waals surface area contributed by atoms with Crippen LogP contribution < -0.4 is 10.2 Å². The van der Waals surface area contributed by atoms with Gasteiger partial charge in [-0.2, -0.15) is 4.99 Å². The van der Waals surface area contributed by atoms with E-state index in [1.807, 2.05) is 31.2 Å². The van der Waals surface area contributed by atoms with Gasteiger partial charge >= 0.3 is 5.97 Å². The smallest absolute Gasteiger partial charge is 0.361 e. The second-order valence-electron chi connectivity index (χ2n) is 5.80. The van der Waals surface area contributed by atoms with E-state index >= 15 is 0 Å². The summed E-state index contributed by atoms with van der Waals surface area (Å²) >= 11 is 5.81. The molecule has 0 spiro atoms. The Labute approximate surface area is 162 Å². The number of nitrogens with one attached hydrogen (secondary N) is 1. The molecule has 8 heteroatoms. The van der Waals surface area contributed by atoms with Crippen LogP contribution in [0.1, 0.15) is 18.1 Å². The highest BCUT2D eigenvalue weighted by Crippen LogP contribution is 2.22. The van der Waals surface area contributed by atoms with E-state index in [1.165, 1.54) is 6.20 Å². The van der Waals surface area contributed by atoms with Gasteiger partial charge in [-0.25, -0.2) is 9.78 Å². The normalized spacial score (nSPS) is 13.8. The van der Waals surface area contributed by atoms with Gasteiger partial charge in [0.15, 0.2) is 5.84 Å². The Bertz CT molecular complexity index is 909. The third-order valence-corrected chi connectivity index (χ3v) is 3.91. The van der Waals surface area contributed by atoms with Gasteiger partial charge in [0.25, 0.3) is 5.88 Å². The van der Waals surface area contributed by atoms with Crippen molar-refractivity contribution in [3.8, 4) is 5.75 Å². The van der Waals surface area contributed by atoms with Gasteiger partial charge < -0.3 is 9.47 Å². The average Bonchev–Trinajstić information content (AvgIpc) is 2.65. The van der Waals surface area contributed by atoms with Crippen LogP contribution in [0.2, 0.25) is 5.15 Å². The number of hydrogen-bond acceptors (Lipinski definition) is 7. The minimum absolute atomic E-state index is 0.0900. The molecule has 1 aliphatic rings. The maximum atomic E-state index is 12.3. The molecule has 0 bridgehead atoms. The number of hydrazine groups is 1. The van der Waals surface area contributed by atoms with Gasteiger partial charge in [0.2, 0.25) is 5.70 Å². The van der Waals surface area contributed by atoms with Crippen LogP contribution >= 0.6 is 11.6 Å². The van der Waals surface area contributed by atoms with Gasteiger partial charge in [-0.1, -0.05) is 35.4 Å². The standard InChI is InChI=1S/C19H19ClN4O3/c1-4-26-19(25)16-18(27-14-8-9-15(20)21-11-14)22-17(24(3)23-16)13-7-5-6-12(2)10-13/h5-11,23H,4H2,1-3H3. The van der Waals surface area contributed by atoms with E-state index < -0.39 is 5.97 Å². The molecule has 1 aliphatic heterocycles. The van der Waals surface area contributed by atoms with E-state index in [4.69, 9.17) is 21.1 Å². The number of amidine groups is 1. The predicted molar refractivity (Wildman–Crippen MR) is 102 cm³/mol. The van der Waals surface area contributed by atoms with Crippen molar-refractivity contribution < 1.29 is 14.3 Å². The monoisotopic (exact) mass is 386 g/mol. The van der Waals surface area contributed by atoms with Crippen LogP contribution in [0.15, 0.2) is 59.2 Å². The molecule has 0 radical (unpaired) electrons. The lowest BCUT2D eigenvalue weighted by atomic mass is 10.1. The fraction of sp³-hybridized carbons (Fsp3) is 0.211. The molecule has 140 valence electrons. The van der Waals surface area contributed by atoms with Crippen molar-refractivity contribution in [2.24, 2.45) is 4.99 Å². The highest BCUT2D eigenvalue weighted by Gasteiger charge is 2.27. The number of carbonyl (C=O) groups is 1. The number of halogens is 1. The molecule has 0 atom stereocenters. The van der Waals surface area contributed by atoms with Crippen molar-refractivity contribution in [2.45, 2.75) is 13.8 Å². The number of hydrogen-bond donors (Lipinski definition) is 1. The Hall–Kier alpha value is -3.06. The number of nitrogens with zero attached hydrogens (tertiary/aromatic N) is 3. The van der Waals surface area contributed by atoms with Crippen molar-refractivity contribution >= 4 is 23.4 Å². The number of carbonyl (C=O) groups excluding carboxylic acids is 1. The molecule has 0 amide bonds. The first kappa shape index (κ1) is 18.7. The average molecular weight is 387 g/mol. The van der Waals surface area contributed by atoms with Crippen molar-refractivity contribution in [3.05, 3.63) is 70.5 Å². The van der Waals surface area contributed by atoms with Gasteiger partial charge in [0.1, 0.15) is 10.9 Å². The van der Waals surface area contributed by atoms with E-state index in [0.717, 1.165) is 11.1 Å². The molecular weight excluding hydrogens is 368 g/mol. The second-order valence-corrected chi connectivity index (χ2v) is 6.18. The minimum Gasteiger partial charge on any atom is -0.461 e. The zero-order valence-corrected chi connectivity index (χ0v) is 15.9. The summed E-state index contributed by atoms with van der Waals surface area (Å²) in [6.07, 6.45) is 1.46. The molecule has 27 heavy (non-hydrogen) atoms. The first-order valence-electron chi connectivity index (χ1n) is 8.35. The van der Waals surface area contributed by atoms with Crippen LogP contribution in [0.25, 0.3) is 0 Å². The van der Waals surface area contributed by atoms with E-state index in [0.29, 0.717) is 16.7 Å². The Morgan fingerprint density at radius 1 is 1.30 bits per heavy atom. The Balaban J connectivity index is 2.03. The van der Waals surface area contributed by atoms with Gasteiger partial charge in [-0.3, -0.25) is 10.4 Å². The summed E-state index contributed by atoms with van der Waals surface area (Å²) in [7, 11) is 1.76. The number of benzene rings is 1. The highest BCUT2D eigenvalue weighted by molar-refractivity contribution is 6.29. The third kappa shape index (κ3) is 4.38. The second kappa shape index (κ2) is 8.09. The number of ether oxygens (including phenoxy) is 2. The molecular formula is C19H19ClN4O3. The zero-order valence-electron chi connectivity index (χ0n) is 15.2. The first-order chi connectivity index (χ1) is 13.0.